The Hall–Kier alpha value is -0.160. The van der Waals surface area contributed by atoms with Gasteiger partial charge >= 0.3 is 0 Å². The third-order valence-corrected chi connectivity index (χ3v) is 4.89. The summed E-state index contributed by atoms with van der Waals surface area (Å²) < 4.78 is 0. The predicted molar refractivity (Wildman–Crippen MR) is 74.5 cm³/mol. The largest absolute Gasteiger partial charge is 0.394 e. The van der Waals surface area contributed by atoms with Crippen LogP contribution in [0.4, 0.5) is 0 Å². The summed E-state index contributed by atoms with van der Waals surface area (Å²) in [7, 11) is 0. The highest BCUT2D eigenvalue weighted by Gasteiger charge is 2.36. The average molecular weight is 255 g/mol. The van der Waals surface area contributed by atoms with Gasteiger partial charge in [0.2, 0.25) is 0 Å². The Morgan fingerprint density at radius 1 is 1.39 bits per heavy atom. The van der Waals surface area contributed by atoms with Gasteiger partial charge in [-0.2, -0.15) is 0 Å². The summed E-state index contributed by atoms with van der Waals surface area (Å²) in [4.78, 5) is 5.15. The van der Waals surface area contributed by atoms with E-state index < -0.39 is 0 Å². The molecule has 2 rings (SSSR count). The molecule has 106 valence electrons. The molecule has 0 aromatic carbocycles. The van der Waals surface area contributed by atoms with Crippen molar-refractivity contribution in [2.45, 2.75) is 57.2 Å². The molecular weight excluding hydrogens is 226 g/mol. The fraction of sp³-hybridized carbons (Fsp3) is 1.00. The highest BCUT2D eigenvalue weighted by atomic mass is 16.3. The first-order valence-electron chi connectivity index (χ1n) is 7.46. The molecule has 1 saturated heterocycles. The summed E-state index contributed by atoms with van der Waals surface area (Å²) in [5, 5.41) is 9.45. The van der Waals surface area contributed by atoms with E-state index in [-0.39, 0.29) is 12.1 Å². The van der Waals surface area contributed by atoms with Crippen LogP contribution in [0.1, 0.15) is 39.5 Å². The van der Waals surface area contributed by atoms with Gasteiger partial charge in [-0.15, -0.1) is 0 Å². The van der Waals surface area contributed by atoms with Crippen LogP contribution in [0.15, 0.2) is 0 Å². The molecule has 4 heteroatoms. The van der Waals surface area contributed by atoms with Crippen molar-refractivity contribution in [1.29, 1.82) is 0 Å². The average Bonchev–Trinajstić information content (AvgIpc) is 2.39. The molecular formula is C14H29N3O. The number of rotatable bonds is 3. The van der Waals surface area contributed by atoms with Gasteiger partial charge in [-0.25, -0.2) is 0 Å². The fourth-order valence-corrected chi connectivity index (χ4v) is 3.64. The first-order chi connectivity index (χ1) is 8.58. The smallest absolute Gasteiger partial charge is 0.0611 e. The third-order valence-electron chi connectivity index (χ3n) is 4.89. The number of likely N-dealkylation sites (N-methyl/N-ethyl adjacent to an activating group) is 1. The SMILES string of the molecule is CCN1CCN(C2CCCC(N)(CO)C2)CC1C. The Labute approximate surface area is 111 Å². The standard InChI is InChI=1S/C14H29N3O/c1-3-16-7-8-17(10-12(16)2)13-5-4-6-14(15,9-13)11-18/h12-13,18H,3-11,15H2,1-2H3. The summed E-state index contributed by atoms with van der Waals surface area (Å²) >= 11 is 0. The van der Waals surface area contributed by atoms with Gasteiger partial charge in [-0.1, -0.05) is 6.92 Å². The Kier molecular flexibility index (Phi) is 4.64. The van der Waals surface area contributed by atoms with Crippen molar-refractivity contribution in [2.24, 2.45) is 5.73 Å². The summed E-state index contributed by atoms with van der Waals surface area (Å²) in [5.74, 6) is 0. The molecule has 18 heavy (non-hydrogen) atoms. The van der Waals surface area contributed by atoms with E-state index in [4.69, 9.17) is 5.73 Å². The fourth-order valence-electron chi connectivity index (χ4n) is 3.64. The van der Waals surface area contributed by atoms with E-state index in [1.807, 2.05) is 0 Å². The van der Waals surface area contributed by atoms with Gasteiger partial charge in [0, 0.05) is 37.3 Å². The maximum atomic E-state index is 9.45. The predicted octanol–water partition coefficient (Wildman–Crippen LogP) is 0.645. The molecule has 0 aromatic rings. The lowest BCUT2D eigenvalue weighted by molar-refractivity contribution is 0.0237. The maximum Gasteiger partial charge on any atom is 0.0611 e. The third kappa shape index (κ3) is 3.05. The van der Waals surface area contributed by atoms with E-state index in [0.29, 0.717) is 12.1 Å². The monoisotopic (exact) mass is 255 g/mol. The van der Waals surface area contributed by atoms with E-state index in [1.165, 1.54) is 13.0 Å². The molecule has 0 aromatic heterocycles. The molecule has 2 fully saturated rings. The molecule has 1 heterocycles. The van der Waals surface area contributed by atoms with Crippen molar-refractivity contribution in [3.8, 4) is 0 Å². The van der Waals surface area contributed by atoms with E-state index >= 15 is 0 Å². The van der Waals surface area contributed by atoms with Gasteiger partial charge in [0.05, 0.1) is 6.61 Å². The lowest BCUT2D eigenvalue weighted by atomic mass is 9.79. The quantitative estimate of drug-likeness (QED) is 0.777. The molecule has 0 amide bonds. The van der Waals surface area contributed by atoms with Crippen LogP contribution >= 0.6 is 0 Å². The second kappa shape index (κ2) is 5.87. The van der Waals surface area contributed by atoms with Crippen LogP contribution in [0.2, 0.25) is 0 Å². The number of aliphatic hydroxyl groups is 1. The molecule has 0 bridgehead atoms. The number of piperazine rings is 1. The normalized spacial score (nSPS) is 40.0. The number of nitrogens with zero attached hydrogens (tertiary/aromatic N) is 2. The van der Waals surface area contributed by atoms with Crippen molar-refractivity contribution >= 4 is 0 Å². The number of hydrogen-bond donors (Lipinski definition) is 2. The molecule has 0 radical (unpaired) electrons. The second-order valence-corrected chi connectivity index (χ2v) is 6.24. The number of nitrogens with two attached hydrogens (primary N) is 1. The Morgan fingerprint density at radius 2 is 2.17 bits per heavy atom. The van der Waals surface area contributed by atoms with Crippen molar-refractivity contribution in [1.82, 2.24) is 9.80 Å². The maximum absolute atomic E-state index is 9.45. The van der Waals surface area contributed by atoms with Crippen molar-refractivity contribution in [3.63, 3.8) is 0 Å². The molecule has 4 nitrogen and oxygen atoms in total. The van der Waals surface area contributed by atoms with Crippen LogP contribution in [-0.2, 0) is 0 Å². The minimum Gasteiger partial charge on any atom is -0.394 e. The Balaban J connectivity index is 1.92. The zero-order valence-corrected chi connectivity index (χ0v) is 11.9. The molecule has 1 saturated carbocycles. The lowest BCUT2D eigenvalue weighted by Crippen LogP contribution is -2.59. The van der Waals surface area contributed by atoms with Crippen LogP contribution < -0.4 is 5.73 Å². The molecule has 3 unspecified atom stereocenters. The lowest BCUT2D eigenvalue weighted by Gasteiger charge is -2.47. The minimum atomic E-state index is -0.325. The van der Waals surface area contributed by atoms with Crippen LogP contribution in [0.25, 0.3) is 0 Å². The van der Waals surface area contributed by atoms with Crippen molar-refractivity contribution in [2.75, 3.05) is 32.8 Å². The molecule has 3 N–H and O–H groups in total. The summed E-state index contributed by atoms with van der Waals surface area (Å²) in [6.45, 7) is 9.32. The van der Waals surface area contributed by atoms with Gasteiger partial charge in [0.25, 0.3) is 0 Å². The molecule has 0 spiro atoms. The number of aliphatic hydroxyl groups excluding tert-OH is 1. The summed E-state index contributed by atoms with van der Waals surface area (Å²) in [5.41, 5.74) is 5.93. The van der Waals surface area contributed by atoms with Crippen LogP contribution in [0.5, 0.6) is 0 Å². The minimum absolute atomic E-state index is 0.133. The second-order valence-electron chi connectivity index (χ2n) is 6.24. The van der Waals surface area contributed by atoms with Crippen molar-refractivity contribution < 1.29 is 5.11 Å². The topological polar surface area (TPSA) is 52.7 Å². The Bertz CT molecular complexity index is 274. The van der Waals surface area contributed by atoms with Gasteiger partial charge in [0.15, 0.2) is 0 Å². The van der Waals surface area contributed by atoms with Gasteiger partial charge in [-0.3, -0.25) is 9.80 Å². The summed E-state index contributed by atoms with van der Waals surface area (Å²) in [6.07, 6.45) is 4.34. The first kappa shape index (κ1) is 14.3. The molecule has 2 aliphatic rings. The van der Waals surface area contributed by atoms with E-state index in [1.54, 1.807) is 0 Å². The molecule has 1 aliphatic carbocycles. The van der Waals surface area contributed by atoms with Gasteiger partial charge < -0.3 is 10.8 Å². The highest BCUT2D eigenvalue weighted by Crippen LogP contribution is 2.30. The van der Waals surface area contributed by atoms with E-state index in [2.05, 4.69) is 23.6 Å². The zero-order valence-electron chi connectivity index (χ0n) is 11.9. The Morgan fingerprint density at radius 3 is 2.78 bits per heavy atom. The first-order valence-corrected chi connectivity index (χ1v) is 7.46. The van der Waals surface area contributed by atoms with Crippen LogP contribution in [-0.4, -0.2) is 65.3 Å². The van der Waals surface area contributed by atoms with Crippen molar-refractivity contribution in [3.05, 3.63) is 0 Å². The molecule has 3 atom stereocenters. The zero-order chi connectivity index (χ0) is 13.2. The summed E-state index contributed by atoms with van der Waals surface area (Å²) in [6, 6.07) is 1.23. The number of hydrogen-bond acceptors (Lipinski definition) is 4. The molecule has 1 aliphatic heterocycles. The van der Waals surface area contributed by atoms with E-state index in [9.17, 15) is 5.11 Å². The van der Waals surface area contributed by atoms with Gasteiger partial charge in [-0.05, 0) is 39.2 Å². The van der Waals surface area contributed by atoms with Crippen LogP contribution in [0, 0.1) is 0 Å². The highest BCUT2D eigenvalue weighted by molar-refractivity contribution is 4.95. The van der Waals surface area contributed by atoms with Gasteiger partial charge in [0.1, 0.15) is 0 Å². The van der Waals surface area contributed by atoms with E-state index in [0.717, 1.165) is 38.9 Å². The van der Waals surface area contributed by atoms with Crippen LogP contribution in [0.3, 0.4) is 0 Å².